The fourth-order valence-corrected chi connectivity index (χ4v) is 2.22. The van der Waals surface area contributed by atoms with Crippen LogP contribution in [0.25, 0.3) is 0 Å². The van der Waals surface area contributed by atoms with Crippen LogP contribution in [0.5, 0.6) is 0 Å². The molecule has 0 fully saturated rings. The number of carbonyl (C=O) groups excluding carboxylic acids is 1. The zero-order chi connectivity index (χ0) is 17.8. The SMILES string of the molecule is CC(=O)N[C@@H]1C=C[C@@](OC(C)C)(C(=O)O)O[C@H]1[C@H](O)[C@H](O)CO. The molecule has 9 nitrogen and oxygen atoms in total. The van der Waals surface area contributed by atoms with Crippen LogP contribution in [0.3, 0.4) is 0 Å². The van der Waals surface area contributed by atoms with Crippen LogP contribution in [0.15, 0.2) is 12.2 Å². The molecule has 0 saturated heterocycles. The Hall–Kier alpha value is -1.52. The second-order valence-electron chi connectivity index (χ2n) is 5.55. The highest BCUT2D eigenvalue weighted by atomic mass is 16.7. The van der Waals surface area contributed by atoms with E-state index in [1.807, 2.05) is 0 Å². The number of carboxylic acid groups (broad SMARTS) is 1. The van der Waals surface area contributed by atoms with Crippen LogP contribution in [0, 0.1) is 0 Å². The smallest absolute Gasteiger partial charge is 0.368 e. The Labute approximate surface area is 133 Å². The zero-order valence-corrected chi connectivity index (χ0v) is 13.2. The van der Waals surface area contributed by atoms with Crippen molar-refractivity contribution in [1.29, 1.82) is 0 Å². The first-order valence-electron chi connectivity index (χ1n) is 7.15. The van der Waals surface area contributed by atoms with Crippen LogP contribution in [-0.4, -0.2) is 75.2 Å². The third kappa shape index (κ3) is 4.72. The minimum atomic E-state index is -2.16. The molecule has 0 unspecified atom stereocenters. The third-order valence-corrected chi connectivity index (χ3v) is 3.18. The van der Waals surface area contributed by atoms with E-state index in [0.29, 0.717) is 0 Å². The van der Waals surface area contributed by atoms with Crippen molar-refractivity contribution in [2.24, 2.45) is 0 Å². The Morgan fingerprint density at radius 3 is 2.43 bits per heavy atom. The number of hydrogen-bond acceptors (Lipinski definition) is 7. The van der Waals surface area contributed by atoms with Gasteiger partial charge in [0.25, 0.3) is 5.79 Å². The molecule has 0 spiro atoms. The first-order chi connectivity index (χ1) is 10.6. The highest BCUT2D eigenvalue weighted by Crippen LogP contribution is 2.29. The number of aliphatic hydroxyl groups is 3. The standard InChI is InChI=1S/C14H23NO8/c1-7(2)22-14(13(20)21)5-4-9(15-8(3)17)12(23-14)11(19)10(18)6-16/h4-5,7,9-12,16,18-19H,6H2,1-3H3,(H,15,17)(H,20,21)/t9-,10-,11-,12-,14+/m1/s1. The van der Waals surface area contributed by atoms with E-state index in [-0.39, 0.29) is 0 Å². The molecule has 0 saturated carbocycles. The van der Waals surface area contributed by atoms with E-state index in [1.54, 1.807) is 13.8 Å². The van der Waals surface area contributed by atoms with Crippen molar-refractivity contribution in [3.05, 3.63) is 12.2 Å². The number of amides is 1. The van der Waals surface area contributed by atoms with E-state index in [0.717, 1.165) is 6.08 Å². The van der Waals surface area contributed by atoms with Crippen LogP contribution in [0.1, 0.15) is 20.8 Å². The highest BCUT2D eigenvalue weighted by Gasteiger charge is 2.49. The summed E-state index contributed by atoms with van der Waals surface area (Å²) in [6.07, 6.45) is -2.61. The van der Waals surface area contributed by atoms with Crippen molar-refractivity contribution >= 4 is 11.9 Å². The molecule has 0 bridgehead atoms. The Balaban J connectivity index is 3.18. The predicted octanol–water partition coefficient (Wildman–Crippen LogP) is -1.63. The molecule has 0 aromatic heterocycles. The molecule has 0 aromatic carbocycles. The first kappa shape index (κ1) is 19.5. The maximum Gasteiger partial charge on any atom is 0.368 e. The molecule has 5 atom stereocenters. The molecule has 5 N–H and O–H groups in total. The number of nitrogens with one attached hydrogen (secondary N) is 1. The quantitative estimate of drug-likeness (QED) is 0.349. The van der Waals surface area contributed by atoms with Gasteiger partial charge in [0.2, 0.25) is 5.91 Å². The van der Waals surface area contributed by atoms with E-state index in [9.17, 15) is 24.9 Å². The van der Waals surface area contributed by atoms with Gasteiger partial charge < -0.3 is 35.2 Å². The van der Waals surface area contributed by atoms with Crippen molar-refractivity contribution in [3.8, 4) is 0 Å². The first-order valence-corrected chi connectivity index (χ1v) is 7.15. The number of aliphatic hydroxyl groups excluding tert-OH is 3. The van der Waals surface area contributed by atoms with Gasteiger partial charge in [0, 0.05) is 6.92 Å². The lowest BCUT2D eigenvalue weighted by Crippen LogP contribution is -2.61. The normalized spacial score (nSPS) is 30.0. The summed E-state index contributed by atoms with van der Waals surface area (Å²) < 4.78 is 10.7. The van der Waals surface area contributed by atoms with Crippen molar-refractivity contribution in [1.82, 2.24) is 5.32 Å². The fourth-order valence-electron chi connectivity index (χ4n) is 2.22. The van der Waals surface area contributed by atoms with Crippen LogP contribution < -0.4 is 5.32 Å². The number of carbonyl (C=O) groups is 2. The molecule has 23 heavy (non-hydrogen) atoms. The van der Waals surface area contributed by atoms with Gasteiger partial charge in [0.15, 0.2) is 0 Å². The average Bonchev–Trinajstić information content (AvgIpc) is 2.46. The van der Waals surface area contributed by atoms with E-state index >= 15 is 0 Å². The zero-order valence-electron chi connectivity index (χ0n) is 13.2. The molecule has 1 aliphatic rings. The fraction of sp³-hybridized carbons (Fsp3) is 0.714. The molecule has 0 aliphatic carbocycles. The van der Waals surface area contributed by atoms with Gasteiger partial charge in [-0.25, -0.2) is 4.79 Å². The molecular weight excluding hydrogens is 310 g/mol. The molecular formula is C14H23NO8. The van der Waals surface area contributed by atoms with Crippen LogP contribution in [-0.2, 0) is 19.1 Å². The summed E-state index contributed by atoms with van der Waals surface area (Å²) in [5, 5.41) is 40.6. The molecule has 1 heterocycles. The summed E-state index contributed by atoms with van der Waals surface area (Å²) in [4.78, 5) is 22.8. The Kier molecular flexibility index (Phi) is 6.66. The average molecular weight is 333 g/mol. The lowest BCUT2D eigenvalue weighted by molar-refractivity contribution is -0.271. The second kappa shape index (κ2) is 7.84. The summed E-state index contributed by atoms with van der Waals surface area (Å²) >= 11 is 0. The predicted molar refractivity (Wildman–Crippen MR) is 77.3 cm³/mol. The second-order valence-corrected chi connectivity index (χ2v) is 5.55. The van der Waals surface area contributed by atoms with Crippen molar-refractivity contribution in [3.63, 3.8) is 0 Å². The summed E-state index contributed by atoms with van der Waals surface area (Å²) in [7, 11) is 0. The van der Waals surface area contributed by atoms with Gasteiger partial charge >= 0.3 is 5.97 Å². The number of carboxylic acids is 1. The minimum absolute atomic E-state index is 0.438. The van der Waals surface area contributed by atoms with Crippen LogP contribution >= 0.6 is 0 Å². The lowest BCUT2D eigenvalue weighted by atomic mass is 9.96. The Morgan fingerprint density at radius 2 is 2.00 bits per heavy atom. The Bertz CT molecular complexity index is 466. The summed E-state index contributed by atoms with van der Waals surface area (Å²) in [5.41, 5.74) is 0. The number of hydrogen-bond donors (Lipinski definition) is 5. The third-order valence-electron chi connectivity index (χ3n) is 3.18. The number of aliphatic carboxylic acids is 1. The van der Waals surface area contributed by atoms with Gasteiger partial charge in [-0.1, -0.05) is 6.08 Å². The lowest BCUT2D eigenvalue weighted by Gasteiger charge is -2.41. The molecule has 9 heteroatoms. The van der Waals surface area contributed by atoms with Crippen molar-refractivity contribution < 1.29 is 39.5 Å². The summed E-state index contributed by atoms with van der Waals surface area (Å²) in [5.74, 6) is -4.05. The van der Waals surface area contributed by atoms with E-state index in [2.05, 4.69) is 5.32 Å². The molecule has 0 radical (unpaired) electrons. The number of rotatable bonds is 7. The summed E-state index contributed by atoms with van der Waals surface area (Å²) in [6.45, 7) is 3.69. The van der Waals surface area contributed by atoms with Gasteiger partial charge in [-0.2, -0.15) is 0 Å². The largest absolute Gasteiger partial charge is 0.477 e. The monoisotopic (exact) mass is 333 g/mol. The van der Waals surface area contributed by atoms with Crippen LogP contribution in [0.4, 0.5) is 0 Å². The van der Waals surface area contributed by atoms with Gasteiger partial charge in [-0.05, 0) is 19.9 Å². The van der Waals surface area contributed by atoms with Gasteiger partial charge in [0.1, 0.15) is 18.3 Å². The van der Waals surface area contributed by atoms with Crippen molar-refractivity contribution in [2.75, 3.05) is 6.61 Å². The van der Waals surface area contributed by atoms with Gasteiger partial charge in [-0.15, -0.1) is 0 Å². The van der Waals surface area contributed by atoms with Crippen LogP contribution in [0.2, 0.25) is 0 Å². The maximum absolute atomic E-state index is 11.6. The van der Waals surface area contributed by atoms with Crippen molar-refractivity contribution in [2.45, 2.75) is 57.0 Å². The van der Waals surface area contributed by atoms with E-state index in [4.69, 9.17) is 14.6 Å². The Morgan fingerprint density at radius 1 is 1.39 bits per heavy atom. The molecule has 1 rings (SSSR count). The summed E-state index contributed by atoms with van der Waals surface area (Å²) in [6, 6.07) is -0.896. The molecule has 1 aliphatic heterocycles. The molecule has 0 aromatic rings. The van der Waals surface area contributed by atoms with E-state index < -0.39 is 54.7 Å². The number of ether oxygens (including phenoxy) is 2. The molecule has 132 valence electrons. The highest BCUT2D eigenvalue weighted by molar-refractivity contribution is 5.79. The van der Waals surface area contributed by atoms with Gasteiger partial charge in [-0.3, -0.25) is 4.79 Å². The van der Waals surface area contributed by atoms with E-state index in [1.165, 1.54) is 13.0 Å². The topological polar surface area (TPSA) is 146 Å². The molecule has 1 amide bonds. The maximum atomic E-state index is 11.6. The minimum Gasteiger partial charge on any atom is -0.477 e. The van der Waals surface area contributed by atoms with Gasteiger partial charge in [0.05, 0.1) is 18.8 Å².